The molecule has 2 aromatic rings. The van der Waals surface area contributed by atoms with Gasteiger partial charge in [-0.2, -0.15) is 0 Å². The lowest BCUT2D eigenvalue weighted by Crippen LogP contribution is -2.33. The lowest BCUT2D eigenvalue weighted by atomic mass is 9.99. The molecule has 0 unspecified atom stereocenters. The molecule has 1 heterocycles. The Morgan fingerprint density at radius 3 is 2.21 bits per heavy atom. The molecule has 7 nitrogen and oxygen atoms in total. The van der Waals surface area contributed by atoms with Crippen LogP contribution in [0.5, 0.6) is 0 Å². The normalized spacial score (nSPS) is 15.7. The van der Waals surface area contributed by atoms with E-state index in [1.54, 1.807) is 6.92 Å². The number of nitrogens with one attached hydrogen (secondary N) is 2. The van der Waals surface area contributed by atoms with Crippen LogP contribution in [0.4, 0.5) is 22.7 Å². The van der Waals surface area contributed by atoms with Gasteiger partial charge in [0, 0.05) is 42.3 Å². The van der Waals surface area contributed by atoms with Gasteiger partial charge in [0.15, 0.2) is 0 Å². The van der Waals surface area contributed by atoms with Crippen LogP contribution in [0.2, 0.25) is 0 Å². The van der Waals surface area contributed by atoms with Crippen LogP contribution >= 0.6 is 0 Å². The van der Waals surface area contributed by atoms with E-state index in [0.29, 0.717) is 5.69 Å². The third-order valence-electron chi connectivity index (χ3n) is 5.14. The number of non-ortho nitro benzene ring substituents is 1. The van der Waals surface area contributed by atoms with Crippen molar-refractivity contribution in [3.63, 3.8) is 0 Å². The Hall–Kier alpha value is -3.09. The largest absolute Gasteiger partial charge is 0.374 e. The molecule has 7 heteroatoms. The molecule has 1 amide bonds. The molecule has 2 aromatic carbocycles. The van der Waals surface area contributed by atoms with Crippen LogP contribution in [-0.4, -0.2) is 30.0 Å². The molecule has 148 valence electrons. The Balaban J connectivity index is 1.54. The smallest absolute Gasteiger partial charge is 0.269 e. The predicted octanol–water partition coefficient (Wildman–Crippen LogP) is 4.27. The number of carbonyl (C=O) groups excluding carboxylic acids is 1. The molecule has 0 saturated carbocycles. The number of rotatable bonds is 6. The Kier molecular flexibility index (Phi) is 6.13. The van der Waals surface area contributed by atoms with E-state index in [4.69, 9.17) is 0 Å². The number of benzene rings is 2. The van der Waals surface area contributed by atoms with Gasteiger partial charge in [0.05, 0.1) is 4.92 Å². The van der Waals surface area contributed by atoms with Crippen molar-refractivity contribution in [2.24, 2.45) is 5.92 Å². The Morgan fingerprint density at radius 2 is 1.64 bits per heavy atom. The highest BCUT2D eigenvalue weighted by molar-refractivity contribution is 5.96. The number of piperidine rings is 1. The standard InChI is InChI=1S/C21H26N4O3/c1-15-11-13-24(14-12-15)19-7-3-17(4-8-19)22-16(2)21(26)23-18-5-9-20(10-6-18)25(27)28/h3-10,15-16,22H,11-14H2,1-2H3,(H,23,26)/t16-/m1/s1. The Morgan fingerprint density at radius 1 is 1.07 bits per heavy atom. The molecule has 28 heavy (non-hydrogen) atoms. The summed E-state index contributed by atoms with van der Waals surface area (Å²) in [5.74, 6) is 0.593. The van der Waals surface area contributed by atoms with Gasteiger partial charge in [-0.15, -0.1) is 0 Å². The van der Waals surface area contributed by atoms with Gasteiger partial charge >= 0.3 is 0 Å². The maximum Gasteiger partial charge on any atom is 0.269 e. The van der Waals surface area contributed by atoms with Crippen molar-refractivity contribution in [1.82, 2.24) is 0 Å². The summed E-state index contributed by atoms with van der Waals surface area (Å²) >= 11 is 0. The van der Waals surface area contributed by atoms with E-state index >= 15 is 0 Å². The average Bonchev–Trinajstić information content (AvgIpc) is 2.69. The number of nitro groups is 1. The minimum atomic E-state index is -0.468. The number of nitro benzene ring substituents is 1. The Labute approximate surface area is 164 Å². The lowest BCUT2D eigenvalue weighted by molar-refractivity contribution is -0.384. The van der Waals surface area contributed by atoms with Gasteiger partial charge in [0.1, 0.15) is 6.04 Å². The Bertz CT molecular complexity index is 813. The van der Waals surface area contributed by atoms with Crippen molar-refractivity contribution >= 4 is 28.7 Å². The summed E-state index contributed by atoms with van der Waals surface area (Å²) in [5.41, 5.74) is 2.60. The first kappa shape index (κ1) is 19.7. The third kappa shape index (κ3) is 5.00. The number of amides is 1. The van der Waals surface area contributed by atoms with Gasteiger partial charge in [0.25, 0.3) is 5.69 Å². The topological polar surface area (TPSA) is 87.5 Å². The molecule has 2 N–H and O–H groups in total. The second-order valence-corrected chi connectivity index (χ2v) is 7.38. The fourth-order valence-electron chi connectivity index (χ4n) is 3.27. The summed E-state index contributed by atoms with van der Waals surface area (Å²) in [7, 11) is 0. The minimum absolute atomic E-state index is 0.00701. The number of nitrogens with zero attached hydrogens (tertiary/aromatic N) is 2. The minimum Gasteiger partial charge on any atom is -0.374 e. The first-order valence-corrected chi connectivity index (χ1v) is 9.59. The number of carbonyl (C=O) groups is 1. The van der Waals surface area contributed by atoms with Crippen molar-refractivity contribution in [2.45, 2.75) is 32.7 Å². The molecule has 3 rings (SSSR count). The predicted molar refractivity (Wildman–Crippen MR) is 112 cm³/mol. The first-order valence-electron chi connectivity index (χ1n) is 9.59. The molecular formula is C21H26N4O3. The van der Waals surface area contributed by atoms with Crippen LogP contribution in [0.25, 0.3) is 0 Å². The summed E-state index contributed by atoms with van der Waals surface area (Å²) in [5, 5.41) is 16.6. The van der Waals surface area contributed by atoms with E-state index in [1.807, 2.05) is 12.1 Å². The summed E-state index contributed by atoms with van der Waals surface area (Å²) in [4.78, 5) is 25.0. The van der Waals surface area contributed by atoms with E-state index in [1.165, 1.54) is 42.8 Å². The van der Waals surface area contributed by atoms with E-state index in [-0.39, 0.29) is 11.6 Å². The molecule has 0 aromatic heterocycles. The van der Waals surface area contributed by atoms with Crippen molar-refractivity contribution in [3.8, 4) is 0 Å². The molecule has 1 fully saturated rings. The monoisotopic (exact) mass is 382 g/mol. The highest BCUT2D eigenvalue weighted by Crippen LogP contribution is 2.24. The second-order valence-electron chi connectivity index (χ2n) is 7.38. The van der Waals surface area contributed by atoms with Crippen LogP contribution in [0.15, 0.2) is 48.5 Å². The zero-order valence-corrected chi connectivity index (χ0v) is 16.2. The summed E-state index contributed by atoms with van der Waals surface area (Å²) in [6.07, 6.45) is 2.44. The molecule has 0 aliphatic carbocycles. The maximum atomic E-state index is 12.4. The maximum absolute atomic E-state index is 12.4. The fourth-order valence-corrected chi connectivity index (χ4v) is 3.27. The lowest BCUT2D eigenvalue weighted by Gasteiger charge is -2.32. The zero-order chi connectivity index (χ0) is 20.1. The summed E-state index contributed by atoms with van der Waals surface area (Å²) in [6.45, 7) is 6.25. The molecule has 0 radical (unpaired) electrons. The second kappa shape index (κ2) is 8.73. The third-order valence-corrected chi connectivity index (χ3v) is 5.14. The van der Waals surface area contributed by atoms with E-state index < -0.39 is 11.0 Å². The van der Waals surface area contributed by atoms with Gasteiger partial charge in [-0.05, 0) is 62.1 Å². The fraction of sp³-hybridized carbons (Fsp3) is 0.381. The van der Waals surface area contributed by atoms with Gasteiger partial charge < -0.3 is 15.5 Å². The summed E-state index contributed by atoms with van der Waals surface area (Å²) < 4.78 is 0. The number of hydrogen-bond donors (Lipinski definition) is 2. The van der Waals surface area contributed by atoms with E-state index in [0.717, 1.165) is 24.7 Å². The molecule has 1 atom stereocenters. The van der Waals surface area contributed by atoms with Gasteiger partial charge in [-0.1, -0.05) is 6.92 Å². The van der Waals surface area contributed by atoms with Crippen LogP contribution in [-0.2, 0) is 4.79 Å². The van der Waals surface area contributed by atoms with Crippen molar-refractivity contribution < 1.29 is 9.72 Å². The molecule has 1 aliphatic rings. The average molecular weight is 382 g/mol. The van der Waals surface area contributed by atoms with Gasteiger partial charge in [-0.3, -0.25) is 14.9 Å². The molecule has 0 spiro atoms. The van der Waals surface area contributed by atoms with Crippen molar-refractivity contribution in [2.75, 3.05) is 28.6 Å². The number of hydrogen-bond acceptors (Lipinski definition) is 5. The zero-order valence-electron chi connectivity index (χ0n) is 16.2. The summed E-state index contributed by atoms with van der Waals surface area (Å²) in [6, 6.07) is 13.5. The SMILES string of the molecule is CC1CCN(c2ccc(N[C@H](C)C(=O)Nc3ccc([N+](=O)[O-])cc3)cc2)CC1. The molecule has 1 saturated heterocycles. The van der Waals surface area contributed by atoms with Crippen molar-refractivity contribution in [3.05, 3.63) is 58.6 Å². The van der Waals surface area contributed by atoms with Gasteiger partial charge in [-0.25, -0.2) is 0 Å². The highest BCUT2D eigenvalue weighted by Gasteiger charge is 2.17. The highest BCUT2D eigenvalue weighted by atomic mass is 16.6. The van der Waals surface area contributed by atoms with E-state index in [9.17, 15) is 14.9 Å². The van der Waals surface area contributed by atoms with Crippen molar-refractivity contribution in [1.29, 1.82) is 0 Å². The molecular weight excluding hydrogens is 356 g/mol. The van der Waals surface area contributed by atoms with Crippen LogP contribution in [0.1, 0.15) is 26.7 Å². The van der Waals surface area contributed by atoms with E-state index in [2.05, 4.69) is 34.6 Å². The van der Waals surface area contributed by atoms with Crippen LogP contribution < -0.4 is 15.5 Å². The van der Waals surface area contributed by atoms with Crippen LogP contribution in [0, 0.1) is 16.0 Å². The first-order chi connectivity index (χ1) is 13.4. The quantitative estimate of drug-likeness (QED) is 0.575. The number of anilines is 3. The molecule has 1 aliphatic heterocycles. The molecule has 0 bridgehead atoms. The van der Waals surface area contributed by atoms with Gasteiger partial charge in [0.2, 0.25) is 5.91 Å². The van der Waals surface area contributed by atoms with Crippen LogP contribution in [0.3, 0.4) is 0 Å².